The lowest BCUT2D eigenvalue weighted by Crippen LogP contribution is -2.31. The van der Waals surface area contributed by atoms with E-state index in [9.17, 15) is 0 Å². The smallest absolute Gasteiger partial charge is 0.0894 e. The van der Waals surface area contributed by atoms with Crippen molar-refractivity contribution in [3.05, 3.63) is 0 Å². The summed E-state index contributed by atoms with van der Waals surface area (Å²) in [7, 11) is 0. The van der Waals surface area contributed by atoms with Gasteiger partial charge in [0.25, 0.3) is 0 Å². The second kappa shape index (κ2) is 5.65. The molecule has 0 amide bonds. The largest absolute Gasteiger partial charge is 0.394 e. The maximum Gasteiger partial charge on any atom is 0.0894 e. The van der Waals surface area contributed by atoms with E-state index in [0.717, 1.165) is 6.54 Å². The van der Waals surface area contributed by atoms with Crippen LogP contribution in [0, 0.1) is 5.92 Å². The van der Waals surface area contributed by atoms with Gasteiger partial charge in [0, 0.05) is 6.54 Å². The highest BCUT2D eigenvalue weighted by molar-refractivity contribution is 4.57. The first-order chi connectivity index (χ1) is 4.66. The third kappa shape index (κ3) is 6.01. The van der Waals surface area contributed by atoms with Crippen LogP contribution in [-0.4, -0.2) is 36.0 Å². The summed E-state index contributed by atoms with van der Waals surface area (Å²) in [6.45, 7) is 5.40. The van der Waals surface area contributed by atoms with Gasteiger partial charge in [-0.05, 0) is 12.5 Å². The van der Waals surface area contributed by atoms with Gasteiger partial charge in [0.15, 0.2) is 0 Å². The van der Waals surface area contributed by atoms with Crippen molar-refractivity contribution in [3.8, 4) is 0 Å². The lowest BCUT2D eigenvalue weighted by Gasteiger charge is -2.09. The maximum absolute atomic E-state index is 8.86. The Kier molecular flexibility index (Phi) is 5.58. The average molecular weight is 147 g/mol. The van der Waals surface area contributed by atoms with Gasteiger partial charge in [-0.1, -0.05) is 13.8 Å². The molecule has 0 aliphatic heterocycles. The van der Waals surface area contributed by atoms with E-state index in [1.54, 1.807) is 0 Å². The van der Waals surface area contributed by atoms with Crippen molar-refractivity contribution in [1.82, 2.24) is 5.32 Å². The Hall–Kier alpha value is -0.120. The van der Waals surface area contributed by atoms with Crippen LogP contribution in [0.2, 0.25) is 0 Å². The quantitative estimate of drug-likeness (QED) is 0.495. The van der Waals surface area contributed by atoms with E-state index in [0.29, 0.717) is 12.5 Å². The van der Waals surface area contributed by atoms with Gasteiger partial charge >= 0.3 is 0 Å². The zero-order valence-corrected chi connectivity index (χ0v) is 6.67. The number of nitrogens with one attached hydrogen (secondary N) is 1. The molecule has 0 aromatic rings. The van der Waals surface area contributed by atoms with Gasteiger partial charge in [-0.3, -0.25) is 0 Å². The Morgan fingerprint density at radius 3 is 2.30 bits per heavy atom. The number of rotatable bonds is 5. The van der Waals surface area contributed by atoms with Crippen molar-refractivity contribution in [3.63, 3.8) is 0 Å². The molecule has 10 heavy (non-hydrogen) atoms. The topological polar surface area (TPSA) is 52.5 Å². The Morgan fingerprint density at radius 2 is 1.90 bits per heavy atom. The molecule has 0 aromatic carbocycles. The molecule has 0 saturated carbocycles. The molecule has 0 aromatic heterocycles. The van der Waals surface area contributed by atoms with Crippen LogP contribution in [0.15, 0.2) is 0 Å². The first-order valence-corrected chi connectivity index (χ1v) is 3.66. The van der Waals surface area contributed by atoms with Crippen LogP contribution >= 0.6 is 0 Å². The summed E-state index contributed by atoms with van der Waals surface area (Å²) in [5.41, 5.74) is 0. The number of hydrogen-bond donors (Lipinski definition) is 3. The van der Waals surface area contributed by atoms with Gasteiger partial charge < -0.3 is 15.5 Å². The van der Waals surface area contributed by atoms with E-state index in [1.165, 1.54) is 0 Å². The molecule has 0 saturated heterocycles. The molecule has 0 rings (SSSR count). The lowest BCUT2D eigenvalue weighted by atomic mass is 10.2. The predicted molar refractivity (Wildman–Crippen MR) is 40.8 cm³/mol. The molecule has 3 nitrogen and oxygen atoms in total. The van der Waals surface area contributed by atoms with Crippen LogP contribution in [0.4, 0.5) is 0 Å². The SMILES string of the molecule is CC(C)CNC[C@@H](O)CO. The molecule has 0 bridgehead atoms. The van der Waals surface area contributed by atoms with E-state index in [1.807, 2.05) is 0 Å². The molecular weight excluding hydrogens is 130 g/mol. The minimum Gasteiger partial charge on any atom is -0.394 e. The zero-order valence-electron chi connectivity index (χ0n) is 6.67. The van der Waals surface area contributed by atoms with Crippen molar-refractivity contribution in [2.45, 2.75) is 20.0 Å². The summed E-state index contributed by atoms with van der Waals surface area (Å²) in [6.07, 6.45) is -0.612. The molecule has 3 heteroatoms. The van der Waals surface area contributed by atoms with Gasteiger partial charge in [-0.2, -0.15) is 0 Å². The molecule has 0 fully saturated rings. The fourth-order valence-corrected chi connectivity index (χ4v) is 0.603. The van der Waals surface area contributed by atoms with E-state index in [2.05, 4.69) is 19.2 Å². The van der Waals surface area contributed by atoms with Gasteiger partial charge in [0.05, 0.1) is 12.7 Å². The molecule has 0 radical (unpaired) electrons. The Labute approximate surface area is 62.1 Å². The monoisotopic (exact) mass is 147 g/mol. The summed E-state index contributed by atoms with van der Waals surface area (Å²) < 4.78 is 0. The number of hydrogen-bond acceptors (Lipinski definition) is 3. The van der Waals surface area contributed by atoms with Gasteiger partial charge in [-0.15, -0.1) is 0 Å². The molecule has 62 valence electrons. The van der Waals surface area contributed by atoms with Crippen molar-refractivity contribution in [2.24, 2.45) is 5.92 Å². The highest BCUT2D eigenvalue weighted by atomic mass is 16.3. The van der Waals surface area contributed by atoms with Crippen molar-refractivity contribution in [1.29, 1.82) is 0 Å². The second-order valence-electron chi connectivity index (χ2n) is 2.89. The molecule has 0 aliphatic carbocycles. The standard InChI is InChI=1S/C7H17NO2/c1-6(2)3-8-4-7(10)5-9/h6-10H,3-5H2,1-2H3/t7-/m1/s1. The first-order valence-electron chi connectivity index (χ1n) is 3.66. The minimum absolute atomic E-state index is 0.162. The van der Waals surface area contributed by atoms with Crippen LogP contribution in [0.1, 0.15) is 13.8 Å². The summed E-state index contributed by atoms with van der Waals surface area (Å²) in [5, 5.41) is 20.3. The number of aliphatic hydroxyl groups is 2. The van der Waals surface area contributed by atoms with E-state index >= 15 is 0 Å². The highest BCUT2D eigenvalue weighted by Gasteiger charge is 2.00. The molecular formula is C7H17NO2. The summed E-state index contributed by atoms with van der Waals surface area (Å²) in [6, 6.07) is 0. The van der Waals surface area contributed by atoms with Gasteiger partial charge in [-0.25, -0.2) is 0 Å². The maximum atomic E-state index is 8.86. The van der Waals surface area contributed by atoms with Crippen LogP contribution in [-0.2, 0) is 0 Å². The molecule has 0 spiro atoms. The summed E-state index contributed by atoms with van der Waals surface area (Å²) in [4.78, 5) is 0. The number of aliphatic hydroxyl groups excluding tert-OH is 2. The zero-order chi connectivity index (χ0) is 7.98. The molecule has 1 atom stereocenters. The molecule has 0 heterocycles. The van der Waals surface area contributed by atoms with Gasteiger partial charge in [0.1, 0.15) is 0 Å². The van der Waals surface area contributed by atoms with E-state index < -0.39 is 6.10 Å². The van der Waals surface area contributed by atoms with Crippen LogP contribution in [0.5, 0.6) is 0 Å². The molecule has 0 aliphatic rings. The lowest BCUT2D eigenvalue weighted by molar-refractivity contribution is 0.0939. The Balaban J connectivity index is 3.03. The molecule has 0 unspecified atom stereocenters. The van der Waals surface area contributed by atoms with Gasteiger partial charge in [0.2, 0.25) is 0 Å². The van der Waals surface area contributed by atoms with Crippen molar-refractivity contribution < 1.29 is 10.2 Å². The minimum atomic E-state index is -0.612. The third-order valence-electron chi connectivity index (χ3n) is 1.14. The average Bonchev–Trinajstić information content (AvgIpc) is 1.87. The molecule has 3 N–H and O–H groups in total. The van der Waals surface area contributed by atoms with E-state index in [4.69, 9.17) is 10.2 Å². The Morgan fingerprint density at radius 1 is 1.30 bits per heavy atom. The predicted octanol–water partition coefficient (Wildman–Crippen LogP) is -0.415. The van der Waals surface area contributed by atoms with Crippen LogP contribution < -0.4 is 5.32 Å². The fraction of sp³-hybridized carbons (Fsp3) is 1.00. The van der Waals surface area contributed by atoms with Crippen LogP contribution in [0.3, 0.4) is 0 Å². The van der Waals surface area contributed by atoms with Crippen LogP contribution in [0.25, 0.3) is 0 Å². The fourth-order valence-electron chi connectivity index (χ4n) is 0.603. The first kappa shape index (κ1) is 9.88. The third-order valence-corrected chi connectivity index (χ3v) is 1.14. The van der Waals surface area contributed by atoms with E-state index in [-0.39, 0.29) is 6.61 Å². The second-order valence-corrected chi connectivity index (χ2v) is 2.89. The van der Waals surface area contributed by atoms with Crippen molar-refractivity contribution >= 4 is 0 Å². The summed E-state index contributed by atoms with van der Waals surface area (Å²) in [5.74, 6) is 0.589. The summed E-state index contributed by atoms with van der Waals surface area (Å²) >= 11 is 0. The highest BCUT2D eigenvalue weighted by Crippen LogP contribution is 1.86. The normalized spacial score (nSPS) is 14.1. The Bertz CT molecular complexity index is 76.0. The van der Waals surface area contributed by atoms with Crippen molar-refractivity contribution in [2.75, 3.05) is 19.7 Å².